The smallest absolute Gasteiger partial charge is 0.407 e. The molecular formula is C16H22IN5O2. The molecule has 2 aromatic heterocycles. The highest BCUT2D eigenvalue weighted by Gasteiger charge is 2.20. The Hall–Kier alpha value is -1.84. The van der Waals surface area contributed by atoms with Crippen molar-refractivity contribution in [1.29, 1.82) is 0 Å². The van der Waals surface area contributed by atoms with Gasteiger partial charge in [-0.15, -0.1) is 6.58 Å². The van der Waals surface area contributed by atoms with Gasteiger partial charge in [0, 0.05) is 16.3 Å². The lowest BCUT2D eigenvalue weighted by molar-refractivity contribution is 0.0500. The number of nitrogens with one attached hydrogen (secondary N) is 1. The van der Waals surface area contributed by atoms with Gasteiger partial charge >= 0.3 is 6.09 Å². The highest BCUT2D eigenvalue weighted by Crippen LogP contribution is 2.25. The van der Waals surface area contributed by atoms with E-state index in [2.05, 4.69) is 44.5 Å². The van der Waals surface area contributed by atoms with Gasteiger partial charge in [0.2, 0.25) is 0 Å². The van der Waals surface area contributed by atoms with Crippen molar-refractivity contribution >= 4 is 45.5 Å². The van der Waals surface area contributed by atoms with Crippen LogP contribution < -0.4 is 11.1 Å². The van der Waals surface area contributed by atoms with E-state index in [-0.39, 0.29) is 12.2 Å². The summed E-state index contributed by atoms with van der Waals surface area (Å²) in [6.07, 6.45) is 3.92. The number of hydrogen-bond donors (Lipinski definition) is 2. The van der Waals surface area contributed by atoms with Gasteiger partial charge in [0.25, 0.3) is 0 Å². The van der Waals surface area contributed by atoms with E-state index in [9.17, 15) is 4.79 Å². The zero-order valence-corrected chi connectivity index (χ0v) is 16.0. The SMILES string of the molecule is [2H]C([2H])([C@H](CC=C)NC(=O)OC(C)(C)C)n1cc(I)c2c(N)ncnc21. The van der Waals surface area contributed by atoms with Gasteiger partial charge in [-0.05, 0) is 49.8 Å². The quantitative estimate of drug-likeness (QED) is 0.545. The molecule has 0 spiro atoms. The minimum Gasteiger partial charge on any atom is -0.444 e. The lowest BCUT2D eigenvalue weighted by Gasteiger charge is -2.23. The highest BCUT2D eigenvalue weighted by atomic mass is 127. The van der Waals surface area contributed by atoms with E-state index in [1.54, 1.807) is 33.0 Å². The number of nitrogens with zero attached hydrogens (tertiary/aromatic N) is 3. The normalized spacial score (nSPS) is 14.7. The molecule has 0 bridgehead atoms. The van der Waals surface area contributed by atoms with Crippen molar-refractivity contribution in [3.05, 3.63) is 28.7 Å². The van der Waals surface area contributed by atoms with Gasteiger partial charge in [0.1, 0.15) is 23.4 Å². The summed E-state index contributed by atoms with van der Waals surface area (Å²) in [6, 6.07) is -0.919. The summed E-state index contributed by atoms with van der Waals surface area (Å²) in [5.74, 6) is 0.273. The van der Waals surface area contributed by atoms with E-state index in [1.807, 2.05) is 0 Å². The van der Waals surface area contributed by atoms with Crippen LogP contribution >= 0.6 is 22.6 Å². The molecule has 0 saturated carbocycles. The maximum Gasteiger partial charge on any atom is 0.407 e. The first-order chi connectivity index (χ1) is 12.0. The lowest BCUT2D eigenvalue weighted by atomic mass is 10.2. The Morgan fingerprint density at radius 1 is 1.62 bits per heavy atom. The molecule has 1 atom stereocenters. The second-order valence-electron chi connectivity index (χ2n) is 6.16. The monoisotopic (exact) mass is 445 g/mol. The number of hydrogen-bond acceptors (Lipinski definition) is 5. The fourth-order valence-electron chi connectivity index (χ4n) is 2.07. The van der Waals surface area contributed by atoms with Crippen LogP contribution in [0.2, 0.25) is 0 Å². The first kappa shape index (κ1) is 15.7. The van der Waals surface area contributed by atoms with E-state index in [0.29, 0.717) is 14.6 Å². The van der Waals surface area contributed by atoms with Crippen LogP contribution in [0.1, 0.15) is 29.9 Å². The van der Waals surface area contributed by atoms with E-state index in [0.717, 1.165) is 0 Å². The second kappa shape index (κ2) is 7.37. The molecule has 0 radical (unpaired) electrons. The predicted molar refractivity (Wildman–Crippen MR) is 103 cm³/mol. The van der Waals surface area contributed by atoms with Crippen LogP contribution in [-0.4, -0.2) is 32.3 Å². The Balaban J connectivity index is 2.43. The maximum atomic E-state index is 12.2. The molecule has 0 aliphatic rings. The zero-order valence-electron chi connectivity index (χ0n) is 15.8. The first-order valence-corrected chi connectivity index (χ1v) is 8.43. The van der Waals surface area contributed by atoms with E-state index in [1.165, 1.54) is 10.9 Å². The summed E-state index contributed by atoms with van der Waals surface area (Å²) in [7, 11) is 0. The summed E-state index contributed by atoms with van der Waals surface area (Å²) >= 11 is 2.05. The number of fused-ring (bicyclic) bond motifs is 1. The molecule has 3 N–H and O–H groups in total. The summed E-state index contributed by atoms with van der Waals surface area (Å²) in [5, 5.41) is 3.17. The number of anilines is 1. The molecule has 1 amide bonds. The van der Waals surface area contributed by atoms with Crippen LogP contribution in [-0.2, 0) is 11.2 Å². The third-order valence-corrected chi connectivity index (χ3v) is 3.77. The number of rotatable bonds is 5. The fourth-order valence-corrected chi connectivity index (χ4v) is 2.86. The van der Waals surface area contributed by atoms with E-state index < -0.39 is 24.2 Å². The number of alkyl carbamates (subject to hydrolysis) is 1. The minimum atomic E-state index is -2.01. The fraction of sp³-hybridized carbons (Fsp3) is 0.438. The van der Waals surface area contributed by atoms with Gasteiger partial charge in [-0.25, -0.2) is 14.8 Å². The number of ether oxygens (including phenoxy) is 1. The average Bonchev–Trinajstić information content (AvgIpc) is 2.84. The molecule has 2 rings (SSSR count). The minimum absolute atomic E-state index is 0.197. The van der Waals surface area contributed by atoms with Crippen molar-refractivity contribution in [2.45, 2.75) is 45.3 Å². The Morgan fingerprint density at radius 3 is 2.96 bits per heavy atom. The van der Waals surface area contributed by atoms with Gasteiger partial charge in [0.15, 0.2) is 0 Å². The molecule has 0 aliphatic carbocycles. The first-order valence-electron chi connectivity index (χ1n) is 8.35. The van der Waals surface area contributed by atoms with Crippen molar-refractivity contribution in [1.82, 2.24) is 19.9 Å². The van der Waals surface area contributed by atoms with Crippen molar-refractivity contribution in [2.75, 3.05) is 5.73 Å². The average molecular weight is 445 g/mol. The number of carbonyl (C=O) groups excluding carboxylic acids is 1. The topological polar surface area (TPSA) is 95.1 Å². The van der Waals surface area contributed by atoms with Gasteiger partial charge in [-0.1, -0.05) is 6.08 Å². The molecule has 0 saturated heterocycles. The third kappa shape index (κ3) is 4.59. The van der Waals surface area contributed by atoms with Crippen molar-refractivity contribution in [3.8, 4) is 0 Å². The maximum absolute atomic E-state index is 12.2. The van der Waals surface area contributed by atoms with Gasteiger partial charge in [-0.2, -0.15) is 0 Å². The number of carbonyl (C=O) groups is 1. The van der Waals surface area contributed by atoms with Crippen LogP contribution in [0, 0.1) is 3.57 Å². The predicted octanol–water partition coefficient (Wildman–Crippen LogP) is 3.09. The van der Waals surface area contributed by atoms with Crippen molar-refractivity contribution < 1.29 is 12.3 Å². The molecule has 2 heterocycles. The van der Waals surface area contributed by atoms with Gasteiger partial charge in [-0.3, -0.25) is 0 Å². The molecule has 7 nitrogen and oxygen atoms in total. The van der Waals surface area contributed by atoms with E-state index in [4.69, 9.17) is 13.2 Å². The third-order valence-electron chi connectivity index (χ3n) is 2.95. The number of amides is 1. The van der Waals surface area contributed by atoms with Crippen LogP contribution in [0.15, 0.2) is 25.2 Å². The summed E-state index contributed by atoms with van der Waals surface area (Å²) < 4.78 is 24.6. The number of nitrogen functional groups attached to an aromatic ring is 1. The van der Waals surface area contributed by atoms with E-state index >= 15 is 0 Å². The molecule has 8 heteroatoms. The Morgan fingerprint density at radius 2 is 2.33 bits per heavy atom. The molecule has 24 heavy (non-hydrogen) atoms. The molecule has 0 aromatic carbocycles. The number of nitrogens with two attached hydrogens (primary N) is 1. The lowest BCUT2D eigenvalue weighted by Crippen LogP contribution is -2.41. The Bertz CT molecular complexity index is 832. The summed E-state index contributed by atoms with van der Waals surface area (Å²) in [4.78, 5) is 20.3. The van der Waals surface area contributed by atoms with Crippen molar-refractivity contribution in [2.24, 2.45) is 0 Å². The molecular weight excluding hydrogens is 421 g/mol. The second-order valence-corrected chi connectivity index (χ2v) is 7.32. The van der Waals surface area contributed by atoms with Gasteiger partial charge in [0.05, 0.1) is 14.2 Å². The zero-order chi connectivity index (χ0) is 19.7. The standard InChI is InChI=1S/C16H22IN5O2/c1-5-6-10(21-15(23)24-16(2,3)4)7-22-8-11(17)12-13(18)19-9-20-14(12)22/h5,8-10H,1,6-7H2,2-4H3,(H,21,23)(H2,18,19,20)/t10-/m0/s1/i7D2. The van der Waals surface area contributed by atoms with Crippen LogP contribution in [0.5, 0.6) is 0 Å². The van der Waals surface area contributed by atoms with Crippen molar-refractivity contribution in [3.63, 3.8) is 0 Å². The summed E-state index contributed by atoms with van der Waals surface area (Å²) in [5.41, 5.74) is 5.57. The summed E-state index contributed by atoms with van der Waals surface area (Å²) in [6.45, 7) is 6.87. The molecule has 130 valence electrons. The van der Waals surface area contributed by atoms with Crippen LogP contribution in [0.4, 0.5) is 10.6 Å². The van der Waals surface area contributed by atoms with Crippen LogP contribution in [0.25, 0.3) is 11.0 Å². The number of halogens is 1. The molecule has 0 fully saturated rings. The number of aromatic nitrogens is 3. The highest BCUT2D eigenvalue weighted by molar-refractivity contribution is 14.1. The Kier molecular flexibility index (Phi) is 4.81. The molecule has 2 aromatic rings. The molecule has 0 aliphatic heterocycles. The van der Waals surface area contributed by atoms with Gasteiger partial charge < -0.3 is 20.4 Å². The van der Waals surface area contributed by atoms with Crippen LogP contribution in [0.3, 0.4) is 0 Å². The molecule has 0 unspecified atom stereocenters. The largest absolute Gasteiger partial charge is 0.444 e. The Labute approximate surface area is 157 Å².